The van der Waals surface area contributed by atoms with E-state index in [1.165, 1.54) is 36.1 Å². The highest BCUT2D eigenvalue weighted by Gasteiger charge is 2.25. The van der Waals surface area contributed by atoms with Gasteiger partial charge in [-0.3, -0.25) is 4.79 Å². The van der Waals surface area contributed by atoms with Crippen LogP contribution in [0.3, 0.4) is 0 Å². The second-order valence-corrected chi connectivity index (χ2v) is 7.16. The van der Waals surface area contributed by atoms with Crippen molar-refractivity contribution in [1.29, 1.82) is 0 Å². The lowest BCUT2D eigenvalue weighted by atomic mass is 9.99. The zero-order chi connectivity index (χ0) is 13.9. The molecule has 1 aromatic rings. The Balaban J connectivity index is 1.76. The molecular formula is C16H23NO2S. The lowest BCUT2D eigenvalue weighted by Crippen LogP contribution is -2.41. The van der Waals surface area contributed by atoms with E-state index >= 15 is 0 Å². The number of likely N-dealkylation sites (tertiary alicyclic amines) is 1. The molecule has 0 saturated carbocycles. The molecule has 4 heteroatoms. The fourth-order valence-corrected chi connectivity index (χ4v) is 4.47. The van der Waals surface area contributed by atoms with Gasteiger partial charge >= 0.3 is 0 Å². The molecule has 1 aliphatic carbocycles. The average molecular weight is 293 g/mol. The van der Waals surface area contributed by atoms with Gasteiger partial charge in [-0.15, -0.1) is 11.3 Å². The zero-order valence-electron chi connectivity index (χ0n) is 11.9. The van der Waals surface area contributed by atoms with Crippen LogP contribution in [0.25, 0.3) is 0 Å². The van der Waals surface area contributed by atoms with Crippen molar-refractivity contribution < 1.29 is 9.90 Å². The number of rotatable bonds is 1. The number of aliphatic hydroxyl groups is 1. The number of amides is 1. The molecule has 1 aliphatic heterocycles. The van der Waals surface area contributed by atoms with E-state index < -0.39 is 0 Å². The van der Waals surface area contributed by atoms with Crippen molar-refractivity contribution in [2.75, 3.05) is 13.1 Å². The SMILES string of the molecule is O=C(c1cc2c(s1)CCCCCC2)N1CCC[C@H](O)C1. The Morgan fingerprint density at radius 1 is 1.20 bits per heavy atom. The summed E-state index contributed by atoms with van der Waals surface area (Å²) in [5, 5.41) is 9.72. The van der Waals surface area contributed by atoms with E-state index in [0.29, 0.717) is 6.54 Å². The molecule has 3 rings (SSSR count). The number of hydrogen-bond acceptors (Lipinski definition) is 3. The Morgan fingerprint density at radius 2 is 2.00 bits per heavy atom. The van der Waals surface area contributed by atoms with E-state index in [4.69, 9.17) is 0 Å². The van der Waals surface area contributed by atoms with Crippen LogP contribution in [0, 0.1) is 0 Å². The minimum absolute atomic E-state index is 0.125. The van der Waals surface area contributed by atoms with Gasteiger partial charge < -0.3 is 10.0 Å². The van der Waals surface area contributed by atoms with Crippen molar-refractivity contribution in [3.63, 3.8) is 0 Å². The molecular weight excluding hydrogens is 270 g/mol. The summed E-state index contributed by atoms with van der Waals surface area (Å²) in [4.78, 5) is 16.7. The number of β-amino-alcohol motifs (C(OH)–C–C–N with tert-alkyl or cyclic N) is 1. The van der Waals surface area contributed by atoms with E-state index in [1.54, 1.807) is 11.3 Å². The Bertz CT molecular complexity index is 457. The number of aryl methyl sites for hydroxylation is 2. The molecule has 110 valence electrons. The lowest BCUT2D eigenvalue weighted by Gasteiger charge is -2.29. The number of aliphatic hydroxyl groups excluding tert-OH is 1. The van der Waals surface area contributed by atoms with Crippen LogP contribution in [0.1, 0.15) is 58.6 Å². The number of piperidine rings is 1. The van der Waals surface area contributed by atoms with Gasteiger partial charge in [0, 0.05) is 18.0 Å². The topological polar surface area (TPSA) is 40.5 Å². The summed E-state index contributed by atoms with van der Waals surface area (Å²) in [6.07, 6.45) is 8.80. The molecule has 1 atom stereocenters. The Hall–Kier alpha value is -0.870. The molecule has 1 amide bonds. The Morgan fingerprint density at radius 3 is 2.80 bits per heavy atom. The van der Waals surface area contributed by atoms with Gasteiger partial charge in [-0.2, -0.15) is 0 Å². The molecule has 2 heterocycles. The smallest absolute Gasteiger partial charge is 0.264 e. The van der Waals surface area contributed by atoms with Crippen molar-refractivity contribution in [1.82, 2.24) is 4.90 Å². The van der Waals surface area contributed by atoms with Gasteiger partial charge in [0.15, 0.2) is 0 Å². The van der Waals surface area contributed by atoms with Gasteiger partial charge in [0.05, 0.1) is 11.0 Å². The van der Waals surface area contributed by atoms with Gasteiger partial charge in [-0.25, -0.2) is 0 Å². The summed E-state index contributed by atoms with van der Waals surface area (Å²) in [6, 6.07) is 2.12. The second kappa shape index (κ2) is 6.27. The maximum atomic E-state index is 12.6. The van der Waals surface area contributed by atoms with Crippen molar-refractivity contribution in [2.24, 2.45) is 0 Å². The Kier molecular flexibility index (Phi) is 4.41. The summed E-state index contributed by atoms with van der Waals surface area (Å²) >= 11 is 1.69. The minimum Gasteiger partial charge on any atom is -0.391 e. The summed E-state index contributed by atoms with van der Waals surface area (Å²) in [5.41, 5.74) is 1.40. The van der Waals surface area contributed by atoms with Gasteiger partial charge in [0.2, 0.25) is 0 Å². The van der Waals surface area contributed by atoms with E-state index in [-0.39, 0.29) is 12.0 Å². The predicted molar refractivity (Wildman–Crippen MR) is 81.3 cm³/mol. The van der Waals surface area contributed by atoms with Gasteiger partial charge in [0.25, 0.3) is 5.91 Å². The highest BCUT2D eigenvalue weighted by Crippen LogP contribution is 2.29. The molecule has 0 aromatic carbocycles. The quantitative estimate of drug-likeness (QED) is 0.864. The Labute approximate surface area is 124 Å². The molecule has 1 fully saturated rings. The first-order valence-corrected chi connectivity index (χ1v) is 8.64. The van der Waals surface area contributed by atoms with Crippen LogP contribution < -0.4 is 0 Å². The number of carbonyl (C=O) groups excluding carboxylic acids is 1. The predicted octanol–water partition coefficient (Wildman–Crippen LogP) is 3.00. The van der Waals surface area contributed by atoms with Crippen LogP contribution in [0.2, 0.25) is 0 Å². The molecule has 1 N–H and O–H groups in total. The van der Waals surface area contributed by atoms with Crippen LogP contribution in [0.4, 0.5) is 0 Å². The summed E-state index contributed by atoms with van der Waals surface area (Å²) in [7, 11) is 0. The van der Waals surface area contributed by atoms with Gasteiger partial charge in [-0.05, 0) is 50.2 Å². The van der Waals surface area contributed by atoms with Crippen molar-refractivity contribution in [3.8, 4) is 0 Å². The van der Waals surface area contributed by atoms with Crippen molar-refractivity contribution >= 4 is 17.2 Å². The van der Waals surface area contributed by atoms with Crippen LogP contribution in [0.15, 0.2) is 6.07 Å². The highest BCUT2D eigenvalue weighted by molar-refractivity contribution is 7.14. The first kappa shape index (κ1) is 14.1. The molecule has 0 bridgehead atoms. The molecule has 0 unspecified atom stereocenters. The number of nitrogens with zero attached hydrogens (tertiary/aromatic N) is 1. The third-order valence-electron chi connectivity index (χ3n) is 4.39. The fourth-order valence-electron chi connectivity index (χ4n) is 3.24. The van der Waals surface area contributed by atoms with Crippen LogP contribution in [-0.4, -0.2) is 35.1 Å². The molecule has 0 spiro atoms. The van der Waals surface area contributed by atoms with E-state index in [2.05, 4.69) is 6.07 Å². The molecule has 0 radical (unpaired) electrons. The maximum absolute atomic E-state index is 12.6. The van der Waals surface area contributed by atoms with Gasteiger partial charge in [-0.1, -0.05) is 12.8 Å². The first-order valence-electron chi connectivity index (χ1n) is 7.83. The molecule has 1 aromatic heterocycles. The normalized spacial score (nSPS) is 23.9. The van der Waals surface area contributed by atoms with Crippen molar-refractivity contribution in [2.45, 2.75) is 57.5 Å². The summed E-state index contributed by atoms with van der Waals surface area (Å²) < 4.78 is 0. The molecule has 1 saturated heterocycles. The number of thiophene rings is 1. The van der Waals surface area contributed by atoms with E-state index in [1.807, 2.05) is 4.90 Å². The monoisotopic (exact) mass is 293 g/mol. The van der Waals surface area contributed by atoms with Crippen LogP contribution in [0.5, 0.6) is 0 Å². The highest BCUT2D eigenvalue weighted by atomic mass is 32.1. The largest absolute Gasteiger partial charge is 0.391 e. The van der Waals surface area contributed by atoms with Gasteiger partial charge in [0.1, 0.15) is 0 Å². The van der Waals surface area contributed by atoms with E-state index in [0.717, 1.165) is 37.1 Å². The number of carbonyl (C=O) groups is 1. The number of fused-ring (bicyclic) bond motifs is 1. The molecule has 20 heavy (non-hydrogen) atoms. The number of hydrogen-bond donors (Lipinski definition) is 1. The molecule has 2 aliphatic rings. The van der Waals surface area contributed by atoms with E-state index in [9.17, 15) is 9.90 Å². The third kappa shape index (κ3) is 3.07. The standard InChI is InChI=1S/C16H23NO2S/c18-13-7-5-9-17(11-13)16(19)15-10-12-6-3-1-2-4-8-14(12)20-15/h10,13,18H,1-9,11H2/t13-/m0/s1. The average Bonchev–Trinajstić information content (AvgIpc) is 2.80. The second-order valence-electron chi connectivity index (χ2n) is 6.02. The lowest BCUT2D eigenvalue weighted by molar-refractivity contribution is 0.0477. The minimum atomic E-state index is -0.339. The first-order chi connectivity index (χ1) is 9.74. The summed E-state index contributed by atoms with van der Waals surface area (Å²) in [5.74, 6) is 0.125. The summed E-state index contributed by atoms with van der Waals surface area (Å²) in [6.45, 7) is 1.29. The molecule has 3 nitrogen and oxygen atoms in total. The fraction of sp³-hybridized carbons (Fsp3) is 0.688. The van der Waals surface area contributed by atoms with Crippen LogP contribution >= 0.6 is 11.3 Å². The maximum Gasteiger partial charge on any atom is 0.264 e. The zero-order valence-corrected chi connectivity index (χ0v) is 12.8. The third-order valence-corrected chi connectivity index (χ3v) is 5.62. The van der Waals surface area contributed by atoms with Crippen LogP contribution in [-0.2, 0) is 12.8 Å². The van der Waals surface area contributed by atoms with Crippen molar-refractivity contribution in [3.05, 3.63) is 21.4 Å².